The van der Waals surface area contributed by atoms with E-state index >= 15 is 0 Å². The van der Waals surface area contributed by atoms with Crippen LogP contribution in [0.25, 0.3) is 0 Å². The topological polar surface area (TPSA) is 46.2 Å². The van der Waals surface area contributed by atoms with Crippen molar-refractivity contribution in [2.45, 2.75) is 32.2 Å². The standard InChI is InChI=1S/C13H19NO2S/c1-2-11-5-3-4-6-13(11)14-12-7-9-17(15,16)10-8-12/h3-6,12,14H,2,7-10H2,1H3. The van der Waals surface area contributed by atoms with Gasteiger partial charge in [-0.25, -0.2) is 8.42 Å². The molecule has 0 aliphatic carbocycles. The molecule has 0 aromatic heterocycles. The Morgan fingerprint density at radius 1 is 1.24 bits per heavy atom. The fraction of sp³-hybridized carbons (Fsp3) is 0.538. The molecule has 1 heterocycles. The zero-order valence-corrected chi connectivity index (χ0v) is 11.0. The van der Waals surface area contributed by atoms with E-state index in [1.165, 1.54) is 5.56 Å². The van der Waals surface area contributed by atoms with Crippen molar-refractivity contribution in [2.75, 3.05) is 16.8 Å². The number of hydrogen-bond acceptors (Lipinski definition) is 3. The van der Waals surface area contributed by atoms with Crippen LogP contribution in [0.4, 0.5) is 5.69 Å². The molecule has 0 amide bonds. The van der Waals surface area contributed by atoms with Crippen LogP contribution in [0.3, 0.4) is 0 Å². The van der Waals surface area contributed by atoms with Gasteiger partial charge in [0.05, 0.1) is 11.5 Å². The van der Waals surface area contributed by atoms with Crippen LogP contribution in [-0.2, 0) is 16.3 Å². The summed E-state index contributed by atoms with van der Waals surface area (Å²) >= 11 is 0. The number of aryl methyl sites for hydroxylation is 1. The SMILES string of the molecule is CCc1ccccc1NC1CCS(=O)(=O)CC1. The van der Waals surface area contributed by atoms with Gasteiger partial charge in [0, 0.05) is 11.7 Å². The van der Waals surface area contributed by atoms with E-state index in [0.29, 0.717) is 17.5 Å². The van der Waals surface area contributed by atoms with Crippen molar-refractivity contribution in [3.05, 3.63) is 29.8 Å². The lowest BCUT2D eigenvalue weighted by Gasteiger charge is -2.25. The number of para-hydroxylation sites is 1. The van der Waals surface area contributed by atoms with Crippen LogP contribution in [-0.4, -0.2) is 26.0 Å². The second-order valence-corrected chi connectivity index (χ2v) is 6.88. The molecule has 1 N–H and O–H groups in total. The number of rotatable bonds is 3. The zero-order valence-electron chi connectivity index (χ0n) is 10.1. The summed E-state index contributed by atoms with van der Waals surface area (Å²) in [6.07, 6.45) is 2.44. The van der Waals surface area contributed by atoms with E-state index < -0.39 is 9.84 Å². The van der Waals surface area contributed by atoms with Gasteiger partial charge in [0.15, 0.2) is 0 Å². The summed E-state index contributed by atoms with van der Waals surface area (Å²) in [5.41, 5.74) is 2.44. The number of nitrogens with one attached hydrogen (secondary N) is 1. The third kappa shape index (κ3) is 3.22. The summed E-state index contributed by atoms with van der Waals surface area (Å²) in [6.45, 7) is 2.13. The lowest BCUT2D eigenvalue weighted by atomic mass is 10.1. The Hall–Kier alpha value is -1.03. The summed E-state index contributed by atoms with van der Waals surface area (Å²) in [5.74, 6) is 0.637. The molecule has 1 aromatic rings. The summed E-state index contributed by atoms with van der Waals surface area (Å²) in [6, 6.07) is 8.53. The number of hydrogen-bond donors (Lipinski definition) is 1. The lowest BCUT2D eigenvalue weighted by molar-refractivity contribution is 0.559. The van der Waals surface area contributed by atoms with Gasteiger partial charge in [0.2, 0.25) is 0 Å². The van der Waals surface area contributed by atoms with Crippen molar-refractivity contribution in [1.29, 1.82) is 0 Å². The maximum absolute atomic E-state index is 11.3. The number of benzene rings is 1. The fourth-order valence-corrected chi connectivity index (χ4v) is 3.72. The highest BCUT2D eigenvalue weighted by atomic mass is 32.2. The van der Waals surface area contributed by atoms with E-state index in [2.05, 4.69) is 24.4 Å². The number of anilines is 1. The van der Waals surface area contributed by atoms with Gasteiger partial charge < -0.3 is 5.32 Å². The fourth-order valence-electron chi connectivity index (χ4n) is 2.22. The maximum atomic E-state index is 11.3. The van der Waals surface area contributed by atoms with Gasteiger partial charge in [0.1, 0.15) is 9.84 Å². The first-order valence-corrected chi connectivity index (χ1v) is 7.98. The monoisotopic (exact) mass is 253 g/mol. The van der Waals surface area contributed by atoms with Crippen molar-refractivity contribution < 1.29 is 8.42 Å². The summed E-state index contributed by atoms with van der Waals surface area (Å²) < 4.78 is 22.7. The van der Waals surface area contributed by atoms with Crippen LogP contribution in [0.2, 0.25) is 0 Å². The Labute approximate surface area is 103 Å². The Bertz CT molecular complexity index is 468. The van der Waals surface area contributed by atoms with Crippen LogP contribution in [0.15, 0.2) is 24.3 Å². The van der Waals surface area contributed by atoms with Crippen LogP contribution >= 0.6 is 0 Å². The molecule has 0 spiro atoms. The van der Waals surface area contributed by atoms with Crippen LogP contribution in [0.1, 0.15) is 25.3 Å². The predicted octanol–water partition coefficient (Wildman–Crippen LogP) is 2.24. The van der Waals surface area contributed by atoms with Gasteiger partial charge in [-0.1, -0.05) is 25.1 Å². The molecule has 2 rings (SSSR count). The molecule has 1 aliphatic rings. The van der Waals surface area contributed by atoms with Crippen LogP contribution < -0.4 is 5.32 Å². The van der Waals surface area contributed by atoms with Crippen molar-refractivity contribution in [2.24, 2.45) is 0 Å². The highest BCUT2D eigenvalue weighted by molar-refractivity contribution is 7.91. The number of sulfone groups is 1. The van der Waals surface area contributed by atoms with Crippen LogP contribution in [0.5, 0.6) is 0 Å². The molecule has 3 nitrogen and oxygen atoms in total. The van der Waals surface area contributed by atoms with E-state index in [-0.39, 0.29) is 0 Å². The summed E-state index contributed by atoms with van der Waals surface area (Å²) in [4.78, 5) is 0. The normalized spacial score (nSPS) is 20.1. The quantitative estimate of drug-likeness (QED) is 0.898. The first-order chi connectivity index (χ1) is 8.11. The molecule has 1 saturated heterocycles. The zero-order chi connectivity index (χ0) is 12.3. The largest absolute Gasteiger partial charge is 0.382 e. The van der Waals surface area contributed by atoms with Gasteiger partial charge >= 0.3 is 0 Å². The third-order valence-corrected chi connectivity index (χ3v) is 5.03. The van der Waals surface area contributed by atoms with E-state index in [1.54, 1.807) is 0 Å². The van der Waals surface area contributed by atoms with E-state index in [1.807, 2.05) is 12.1 Å². The summed E-state index contributed by atoms with van der Waals surface area (Å²) in [7, 11) is -2.76. The van der Waals surface area contributed by atoms with E-state index in [9.17, 15) is 8.42 Å². The molecular weight excluding hydrogens is 234 g/mol. The Kier molecular flexibility index (Phi) is 3.72. The van der Waals surface area contributed by atoms with Gasteiger partial charge in [-0.2, -0.15) is 0 Å². The van der Waals surface area contributed by atoms with Crippen molar-refractivity contribution in [3.63, 3.8) is 0 Å². The Morgan fingerprint density at radius 3 is 2.53 bits per heavy atom. The Balaban J connectivity index is 2.02. The average Bonchev–Trinajstić information content (AvgIpc) is 2.32. The molecule has 94 valence electrons. The average molecular weight is 253 g/mol. The van der Waals surface area contributed by atoms with Gasteiger partial charge in [-0.3, -0.25) is 0 Å². The molecule has 0 radical (unpaired) electrons. The second-order valence-electron chi connectivity index (χ2n) is 4.58. The minimum atomic E-state index is -2.76. The first-order valence-electron chi connectivity index (χ1n) is 6.15. The van der Waals surface area contributed by atoms with Gasteiger partial charge in [0.25, 0.3) is 0 Å². The second kappa shape index (κ2) is 5.08. The minimum absolute atomic E-state index is 0.297. The van der Waals surface area contributed by atoms with E-state index in [4.69, 9.17) is 0 Å². The highest BCUT2D eigenvalue weighted by Crippen LogP contribution is 2.21. The molecular formula is C13H19NO2S. The molecule has 0 saturated carbocycles. The molecule has 1 aliphatic heterocycles. The molecule has 4 heteroatoms. The molecule has 1 fully saturated rings. The van der Waals surface area contributed by atoms with E-state index in [0.717, 1.165) is 24.9 Å². The van der Waals surface area contributed by atoms with Crippen molar-refractivity contribution in [3.8, 4) is 0 Å². The molecule has 1 aromatic carbocycles. The van der Waals surface area contributed by atoms with Gasteiger partial charge in [-0.15, -0.1) is 0 Å². The van der Waals surface area contributed by atoms with Gasteiger partial charge in [-0.05, 0) is 30.9 Å². The molecule has 17 heavy (non-hydrogen) atoms. The molecule has 0 atom stereocenters. The smallest absolute Gasteiger partial charge is 0.150 e. The minimum Gasteiger partial charge on any atom is -0.382 e. The maximum Gasteiger partial charge on any atom is 0.150 e. The Morgan fingerprint density at radius 2 is 1.88 bits per heavy atom. The molecule has 0 unspecified atom stereocenters. The summed E-state index contributed by atoms with van der Waals surface area (Å²) in [5, 5.41) is 3.47. The highest BCUT2D eigenvalue weighted by Gasteiger charge is 2.23. The van der Waals surface area contributed by atoms with Crippen molar-refractivity contribution >= 4 is 15.5 Å². The predicted molar refractivity (Wildman–Crippen MR) is 71.1 cm³/mol. The molecule has 0 bridgehead atoms. The van der Waals surface area contributed by atoms with Crippen molar-refractivity contribution in [1.82, 2.24) is 0 Å². The lowest BCUT2D eigenvalue weighted by Crippen LogP contribution is -2.32. The first kappa shape index (κ1) is 12.4. The van der Waals surface area contributed by atoms with Crippen LogP contribution in [0, 0.1) is 0 Å². The third-order valence-electron chi connectivity index (χ3n) is 3.31.